The van der Waals surface area contributed by atoms with Gasteiger partial charge in [-0.1, -0.05) is 18.2 Å². The largest absolute Gasteiger partial charge is 0.492 e. The van der Waals surface area contributed by atoms with E-state index in [9.17, 15) is 9.59 Å². The molecule has 162 valence electrons. The number of rotatable bonds is 10. The quantitative estimate of drug-likeness (QED) is 0.628. The van der Waals surface area contributed by atoms with Crippen molar-refractivity contribution in [3.8, 4) is 5.75 Å². The van der Waals surface area contributed by atoms with Crippen molar-refractivity contribution >= 4 is 17.6 Å². The second-order valence-corrected chi connectivity index (χ2v) is 7.52. The van der Waals surface area contributed by atoms with Crippen LogP contribution in [0.15, 0.2) is 54.6 Å². The maximum Gasteiger partial charge on any atom is 0.317 e. The second kappa shape index (κ2) is 11.8. The van der Waals surface area contributed by atoms with E-state index in [4.69, 9.17) is 4.74 Å². The lowest BCUT2D eigenvalue weighted by molar-refractivity contribution is 0.102. The van der Waals surface area contributed by atoms with Crippen LogP contribution in [0.5, 0.6) is 5.75 Å². The Morgan fingerprint density at radius 2 is 1.63 bits per heavy atom. The minimum absolute atomic E-state index is 0.0727. The van der Waals surface area contributed by atoms with Crippen LogP contribution in [0.3, 0.4) is 0 Å². The van der Waals surface area contributed by atoms with E-state index in [2.05, 4.69) is 10.6 Å². The summed E-state index contributed by atoms with van der Waals surface area (Å²) in [6, 6.07) is 16.2. The molecular weight excluding hydrogens is 380 g/mol. The first-order valence-electron chi connectivity index (χ1n) is 10.2. The molecule has 0 aliphatic rings. The highest BCUT2D eigenvalue weighted by molar-refractivity contribution is 6.04. The fraction of sp³-hybridized carbons (Fsp3) is 0.391. The lowest BCUT2D eigenvalue weighted by atomic mass is 10.2. The third kappa shape index (κ3) is 7.75. The molecule has 0 radical (unpaired) electrons. The standard InChI is InChI=1S/C23H32N4O3/c1-18(2)27(23(29)24-14-15-26(3)4)16-17-30-21-12-10-20(11-13-21)25-22(28)19-8-6-5-7-9-19/h5-13,18H,14-17H2,1-4H3,(H,24,29)(H,25,28). The predicted octanol–water partition coefficient (Wildman–Crippen LogP) is 3.30. The summed E-state index contributed by atoms with van der Waals surface area (Å²) in [7, 11) is 3.94. The van der Waals surface area contributed by atoms with Crippen molar-refractivity contribution < 1.29 is 14.3 Å². The number of benzene rings is 2. The molecule has 2 aromatic carbocycles. The first-order chi connectivity index (χ1) is 14.4. The molecule has 7 nitrogen and oxygen atoms in total. The summed E-state index contributed by atoms with van der Waals surface area (Å²) in [5.74, 6) is 0.529. The van der Waals surface area contributed by atoms with Crippen molar-refractivity contribution in [1.82, 2.24) is 15.1 Å². The molecule has 0 atom stereocenters. The molecule has 0 unspecified atom stereocenters. The first-order valence-corrected chi connectivity index (χ1v) is 10.2. The van der Waals surface area contributed by atoms with Crippen molar-refractivity contribution in [1.29, 1.82) is 0 Å². The fourth-order valence-electron chi connectivity index (χ4n) is 2.77. The normalized spacial score (nSPS) is 10.7. The molecule has 3 amide bonds. The van der Waals surface area contributed by atoms with Crippen molar-refractivity contribution in [2.45, 2.75) is 19.9 Å². The minimum Gasteiger partial charge on any atom is -0.492 e. The molecule has 7 heteroatoms. The van der Waals surface area contributed by atoms with Crippen molar-refractivity contribution in [2.24, 2.45) is 0 Å². The van der Waals surface area contributed by atoms with Crippen LogP contribution in [0, 0.1) is 0 Å². The average molecular weight is 413 g/mol. The number of hydrogen-bond donors (Lipinski definition) is 2. The molecule has 0 saturated carbocycles. The Labute approximate surface area is 179 Å². The Morgan fingerprint density at radius 3 is 2.23 bits per heavy atom. The smallest absolute Gasteiger partial charge is 0.317 e. The highest BCUT2D eigenvalue weighted by atomic mass is 16.5. The summed E-state index contributed by atoms with van der Waals surface area (Å²) < 4.78 is 5.78. The van der Waals surface area contributed by atoms with E-state index >= 15 is 0 Å². The average Bonchev–Trinajstić information content (AvgIpc) is 2.72. The van der Waals surface area contributed by atoms with Crippen LogP contribution in [0.4, 0.5) is 10.5 Å². The number of ether oxygens (including phenoxy) is 1. The van der Waals surface area contributed by atoms with Crippen LogP contribution in [-0.4, -0.2) is 68.1 Å². The zero-order chi connectivity index (χ0) is 21.9. The van der Waals surface area contributed by atoms with Gasteiger partial charge < -0.3 is 25.2 Å². The molecule has 0 fully saturated rings. The highest BCUT2D eigenvalue weighted by Crippen LogP contribution is 2.16. The van der Waals surface area contributed by atoms with Gasteiger partial charge in [-0.15, -0.1) is 0 Å². The second-order valence-electron chi connectivity index (χ2n) is 7.52. The number of carbonyl (C=O) groups excluding carboxylic acids is 2. The van der Waals surface area contributed by atoms with Crippen LogP contribution < -0.4 is 15.4 Å². The van der Waals surface area contributed by atoms with Crippen molar-refractivity contribution in [3.63, 3.8) is 0 Å². The molecular formula is C23H32N4O3. The summed E-state index contributed by atoms with van der Waals surface area (Å²) >= 11 is 0. The third-order valence-corrected chi connectivity index (χ3v) is 4.47. The van der Waals surface area contributed by atoms with Crippen LogP contribution in [0.1, 0.15) is 24.2 Å². The maximum absolute atomic E-state index is 12.4. The number of carbonyl (C=O) groups is 2. The Kier molecular flexibility index (Phi) is 9.15. The number of hydrogen-bond acceptors (Lipinski definition) is 4. The Hall–Kier alpha value is -3.06. The molecule has 0 heterocycles. The summed E-state index contributed by atoms with van der Waals surface area (Å²) in [5, 5.41) is 5.79. The maximum atomic E-state index is 12.4. The molecule has 0 aliphatic heterocycles. The number of urea groups is 1. The van der Waals surface area contributed by atoms with Gasteiger partial charge in [-0.25, -0.2) is 4.79 Å². The number of likely N-dealkylation sites (N-methyl/N-ethyl adjacent to an activating group) is 1. The van der Waals surface area contributed by atoms with Crippen LogP contribution >= 0.6 is 0 Å². The first kappa shape index (κ1) is 23.2. The van der Waals surface area contributed by atoms with Gasteiger partial charge >= 0.3 is 6.03 Å². The third-order valence-electron chi connectivity index (χ3n) is 4.47. The van der Waals surface area contributed by atoms with E-state index in [1.165, 1.54) is 0 Å². The van der Waals surface area contributed by atoms with Crippen LogP contribution in [0.25, 0.3) is 0 Å². The Morgan fingerprint density at radius 1 is 0.967 bits per heavy atom. The van der Waals surface area contributed by atoms with E-state index in [0.29, 0.717) is 36.7 Å². The topological polar surface area (TPSA) is 73.9 Å². The van der Waals surface area contributed by atoms with Gasteiger partial charge in [0.2, 0.25) is 0 Å². The molecule has 0 aliphatic carbocycles. The highest BCUT2D eigenvalue weighted by Gasteiger charge is 2.16. The molecule has 30 heavy (non-hydrogen) atoms. The zero-order valence-electron chi connectivity index (χ0n) is 18.2. The summed E-state index contributed by atoms with van der Waals surface area (Å²) in [5.41, 5.74) is 1.30. The van der Waals surface area contributed by atoms with Crippen LogP contribution in [-0.2, 0) is 0 Å². The zero-order valence-corrected chi connectivity index (χ0v) is 18.2. The Balaban J connectivity index is 1.80. The van der Waals surface area contributed by atoms with Crippen molar-refractivity contribution in [2.75, 3.05) is 45.7 Å². The lowest BCUT2D eigenvalue weighted by Gasteiger charge is -2.27. The van der Waals surface area contributed by atoms with Gasteiger partial charge in [0.25, 0.3) is 5.91 Å². The predicted molar refractivity (Wildman–Crippen MR) is 120 cm³/mol. The number of nitrogens with zero attached hydrogens (tertiary/aromatic N) is 2. The molecule has 0 saturated heterocycles. The van der Waals surface area contributed by atoms with Crippen molar-refractivity contribution in [3.05, 3.63) is 60.2 Å². The summed E-state index contributed by atoms with van der Waals surface area (Å²) in [6.07, 6.45) is 0. The number of amides is 3. The van der Waals surface area contributed by atoms with Crippen LogP contribution in [0.2, 0.25) is 0 Å². The minimum atomic E-state index is -0.155. The van der Waals surface area contributed by atoms with E-state index < -0.39 is 0 Å². The number of nitrogens with one attached hydrogen (secondary N) is 2. The van der Waals surface area contributed by atoms with Gasteiger partial charge in [-0.3, -0.25) is 4.79 Å². The van der Waals surface area contributed by atoms with Gasteiger partial charge in [0, 0.05) is 30.4 Å². The van der Waals surface area contributed by atoms with Gasteiger partial charge in [0.15, 0.2) is 0 Å². The molecule has 2 N–H and O–H groups in total. The molecule has 0 aromatic heterocycles. The molecule has 2 rings (SSSR count). The monoisotopic (exact) mass is 412 g/mol. The van der Waals surface area contributed by atoms with Gasteiger partial charge in [0.1, 0.15) is 12.4 Å². The summed E-state index contributed by atoms with van der Waals surface area (Å²) in [6.45, 7) is 6.23. The molecule has 2 aromatic rings. The summed E-state index contributed by atoms with van der Waals surface area (Å²) in [4.78, 5) is 28.3. The molecule has 0 spiro atoms. The van der Waals surface area contributed by atoms with Gasteiger partial charge in [-0.05, 0) is 64.3 Å². The van der Waals surface area contributed by atoms with E-state index in [1.54, 1.807) is 41.3 Å². The van der Waals surface area contributed by atoms with E-state index in [-0.39, 0.29) is 18.0 Å². The number of anilines is 1. The molecule has 0 bridgehead atoms. The van der Waals surface area contributed by atoms with E-state index in [1.807, 2.05) is 51.0 Å². The van der Waals surface area contributed by atoms with Gasteiger partial charge in [-0.2, -0.15) is 0 Å². The Bertz CT molecular complexity index is 792. The fourth-order valence-corrected chi connectivity index (χ4v) is 2.77. The lowest BCUT2D eigenvalue weighted by Crippen LogP contribution is -2.47. The van der Waals surface area contributed by atoms with Gasteiger partial charge in [0.05, 0.1) is 6.54 Å². The van der Waals surface area contributed by atoms with E-state index in [0.717, 1.165) is 6.54 Å². The SMILES string of the molecule is CC(C)N(CCOc1ccc(NC(=O)c2ccccc2)cc1)C(=O)NCCN(C)C.